The summed E-state index contributed by atoms with van der Waals surface area (Å²) in [5.74, 6) is 0.679. The number of aryl methyl sites for hydroxylation is 1. The molecule has 0 spiro atoms. The van der Waals surface area contributed by atoms with Gasteiger partial charge in [-0.1, -0.05) is 36.4 Å². The maximum absolute atomic E-state index is 3.64. The van der Waals surface area contributed by atoms with Gasteiger partial charge in [-0.3, -0.25) is 0 Å². The molecule has 1 saturated heterocycles. The van der Waals surface area contributed by atoms with E-state index in [0.717, 1.165) is 13.1 Å². The van der Waals surface area contributed by atoms with Gasteiger partial charge in [-0.15, -0.1) is 0 Å². The summed E-state index contributed by atoms with van der Waals surface area (Å²) in [6.45, 7) is 4.38. The van der Waals surface area contributed by atoms with Crippen LogP contribution < -0.4 is 4.90 Å². The molecule has 0 bridgehead atoms. The van der Waals surface area contributed by atoms with Crippen LogP contribution in [0.5, 0.6) is 0 Å². The topological polar surface area (TPSA) is 3.24 Å². The molecule has 1 aliphatic rings. The molecule has 2 aromatic carbocycles. The van der Waals surface area contributed by atoms with E-state index < -0.39 is 0 Å². The van der Waals surface area contributed by atoms with Crippen LogP contribution in [0.25, 0.3) is 0 Å². The summed E-state index contributed by atoms with van der Waals surface area (Å²) in [4.78, 5) is 2.44. The Bertz CT molecular complexity index is 544. The lowest BCUT2D eigenvalue weighted by Crippen LogP contribution is -2.45. The van der Waals surface area contributed by atoms with Crippen molar-refractivity contribution in [3.8, 4) is 0 Å². The van der Waals surface area contributed by atoms with Crippen molar-refractivity contribution >= 4 is 21.6 Å². The lowest BCUT2D eigenvalue weighted by atomic mass is 9.91. The summed E-state index contributed by atoms with van der Waals surface area (Å²) in [6.07, 6.45) is 0. The first-order valence-electron chi connectivity index (χ1n) is 6.30. The first-order chi connectivity index (χ1) is 8.74. The van der Waals surface area contributed by atoms with Crippen LogP contribution in [0.3, 0.4) is 0 Å². The Balaban J connectivity index is 1.74. The highest BCUT2D eigenvalue weighted by molar-refractivity contribution is 9.10. The fraction of sp³-hybridized carbons (Fsp3) is 0.250. The summed E-state index contributed by atoms with van der Waals surface area (Å²) in [6, 6.07) is 17.3. The molecule has 92 valence electrons. The maximum Gasteiger partial charge on any atom is 0.0513 e. The monoisotopic (exact) mass is 301 g/mol. The van der Waals surface area contributed by atoms with E-state index in [1.807, 2.05) is 0 Å². The number of halogens is 1. The van der Waals surface area contributed by atoms with Gasteiger partial charge in [-0.25, -0.2) is 0 Å². The highest BCUT2D eigenvalue weighted by Crippen LogP contribution is 2.36. The lowest BCUT2D eigenvalue weighted by Gasteiger charge is -2.42. The molecule has 0 saturated carbocycles. The SMILES string of the molecule is Cc1ccc(Br)c(N2CC(c3ccccc3)C2)c1. The van der Waals surface area contributed by atoms with Gasteiger partial charge in [-0.05, 0) is 46.1 Å². The molecule has 1 nitrogen and oxygen atoms in total. The fourth-order valence-corrected chi connectivity index (χ4v) is 2.97. The molecule has 1 heterocycles. The largest absolute Gasteiger partial charge is 0.369 e. The second-order valence-corrected chi connectivity index (χ2v) is 5.82. The first-order valence-corrected chi connectivity index (χ1v) is 7.09. The van der Waals surface area contributed by atoms with Crippen molar-refractivity contribution in [1.29, 1.82) is 0 Å². The van der Waals surface area contributed by atoms with E-state index in [9.17, 15) is 0 Å². The Hall–Kier alpha value is -1.28. The minimum Gasteiger partial charge on any atom is -0.369 e. The number of hydrogen-bond donors (Lipinski definition) is 0. The van der Waals surface area contributed by atoms with Crippen LogP contribution in [-0.2, 0) is 0 Å². The predicted molar refractivity (Wildman–Crippen MR) is 80.3 cm³/mol. The number of rotatable bonds is 2. The Morgan fingerprint density at radius 2 is 1.78 bits per heavy atom. The zero-order chi connectivity index (χ0) is 12.5. The third-order valence-electron chi connectivity index (χ3n) is 3.59. The molecule has 0 amide bonds. The standard InChI is InChI=1S/C16H16BrN/c1-12-7-8-15(17)16(9-12)18-10-14(11-18)13-5-3-2-4-6-13/h2-9,14H,10-11H2,1H3. The van der Waals surface area contributed by atoms with E-state index >= 15 is 0 Å². The average molecular weight is 302 g/mol. The Kier molecular flexibility index (Phi) is 3.13. The zero-order valence-electron chi connectivity index (χ0n) is 10.4. The lowest BCUT2D eigenvalue weighted by molar-refractivity contribution is 0.524. The van der Waals surface area contributed by atoms with Crippen molar-refractivity contribution in [2.24, 2.45) is 0 Å². The van der Waals surface area contributed by atoms with Crippen LogP contribution in [0, 0.1) is 6.92 Å². The highest BCUT2D eigenvalue weighted by atomic mass is 79.9. The third-order valence-corrected chi connectivity index (χ3v) is 4.27. The second kappa shape index (κ2) is 4.77. The molecule has 1 fully saturated rings. The van der Waals surface area contributed by atoms with Gasteiger partial charge in [0.15, 0.2) is 0 Å². The second-order valence-electron chi connectivity index (χ2n) is 4.97. The Labute approximate surface area is 117 Å². The van der Waals surface area contributed by atoms with Crippen molar-refractivity contribution in [3.05, 3.63) is 64.1 Å². The summed E-state index contributed by atoms with van der Waals surface area (Å²) in [5, 5.41) is 0. The van der Waals surface area contributed by atoms with Gasteiger partial charge < -0.3 is 4.90 Å². The minimum atomic E-state index is 0.679. The van der Waals surface area contributed by atoms with Gasteiger partial charge in [0.1, 0.15) is 0 Å². The van der Waals surface area contributed by atoms with Crippen LogP contribution in [0.1, 0.15) is 17.0 Å². The van der Waals surface area contributed by atoms with Gasteiger partial charge in [0.2, 0.25) is 0 Å². The van der Waals surface area contributed by atoms with E-state index in [-0.39, 0.29) is 0 Å². The van der Waals surface area contributed by atoms with Gasteiger partial charge in [0.25, 0.3) is 0 Å². The van der Waals surface area contributed by atoms with Gasteiger partial charge in [0.05, 0.1) is 5.69 Å². The van der Waals surface area contributed by atoms with Crippen LogP contribution in [0.15, 0.2) is 53.0 Å². The number of benzene rings is 2. The van der Waals surface area contributed by atoms with E-state index in [1.165, 1.54) is 21.3 Å². The first kappa shape index (κ1) is 11.8. The molecule has 1 aliphatic heterocycles. The number of hydrogen-bond acceptors (Lipinski definition) is 1. The summed E-state index contributed by atoms with van der Waals surface area (Å²) in [7, 11) is 0. The number of nitrogens with zero attached hydrogens (tertiary/aromatic N) is 1. The molecule has 0 aromatic heterocycles. The Morgan fingerprint density at radius 3 is 2.50 bits per heavy atom. The molecule has 18 heavy (non-hydrogen) atoms. The molecule has 0 atom stereocenters. The van der Waals surface area contributed by atoms with Crippen LogP contribution in [-0.4, -0.2) is 13.1 Å². The van der Waals surface area contributed by atoms with Crippen molar-refractivity contribution in [3.63, 3.8) is 0 Å². The molecule has 2 aromatic rings. The maximum atomic E-state index is 3.64. The molecule has 0 N–H and O–H groups in total. The van der Waals surface area contributed by atoms with E-state index in [0.29, 0.717) is 5.92 Å². The summed E-state index contributed by atoms with van der Waals surface area (Å²) >= 11 is 3.64. The van der Waals surface area contributed by atoms with Crippen molar-refractivity contribution in [2.45, 2.75) is 12.8 Å². The summed E-state index contributed by atoms with van der Waals surface area (Å²) < 4.78 is 1.19. The normalized spacial score (nSPS) is 15.6. The smallest absolute Gasteiger partial charge is 0.0513 e. The molecule has 0 aliphatic carbocycles. The van der Waals surface area contributed by atoms with Crippen molar-refractivity contribution in [2.75, 3.05) is 18.0 Å². The van der Waals surface area contributed by atoms with E-state index in [1.54, 1.807) is 0 Å². The van der Waals surface area contributed by atoms with E-state index in [2.05, 4.69) is 76.3 Å². The third kappa shape index (κ3) is 2.17. The van der Waals surface area contributed by atoms with Gasteiger partial charge in [-0.2, -0.15) is 0 Å². The minimum absolute atomic E-state index is 0.679. The highest BCUT2D eigenvalue weighted by Gasteiger charge is 2.29. The van der Waals surface area contributed by atoms with Crippen LogP contribution in [0.2, 0.25) is 0 Å². The molecule has 2 heteroatoms. The van der Waals surface area contributed by atoms with E-state index in [4.69, 9.17) is 0 Å². The molecule has 0 unspecified atom stereocenters. The van der Waals surface area contributed by atoms with Crippen molar-refractivity contribution in [1.82, 2.24) is 0 Å². The van der Waals surface area contributed by atoms with Crippen LogP contribution in [0.4, 0.5) is 5.69 Å². The predicted octanol–water partition coefficient (Wildman–Crippen LogP) is 4.36. The molecule has 0 radical (unpaired) electrons. The van der Waals surface area contributed by atoms with Gasteiger partial charge in [0, 0.05) is 23.5 Å². The average Bonchev–Trinajstić information content (AvgIpc) is 2.33. The van der Waals surface area contributed by atoms with Gasteiger partial charge >= 0.3 is 0 Å². The summed E-state index contributed by atoms with van der Waals surface area (Å²) in [5.41, 5.74) is 4.09. The Morgan fingerprint density at radius 1 is 1.06 bits per heavy atom. The quantitative estimate of drug-likeness (QED) is 0.796. The molecular weight excluding hydrogens is 286 g/mol. The van der Waals surface area contributed by atoms with Crippen molar-refractivity contribution < 1.29 is 0 Å². The zero-order valence-corrected chi connectivity index (χ0v) is 12.0. The molecular formula is C16H16BrN. The molecule has 3 rings (SSSR count). The van der Waals surface area contributed by atoms with Crippen LogP contribution >= 0.6 is 15.9 Å². The number of anilines is 1. The fourth-order valence-electron chi connectivity index (χ4n) is 2.48.